The molecular formula is C23H34N2O6. The normalized spacial score (nSPS) is 12.3. The zero-order valence-corrected chi connectivity index (χ0v) is 18.9. The second-order valence-electron chi connectivity index (χ2n) is 8.32. The van der Waals surface area contributed by atoms with Crippen molar-refractivity contribution in [1.82, 2.24) is 0 Å². The third kappa shape index (κ3) is 12.7. The maximum atomic E-state index is 12.4. The minimum atomic E-state index is -0.662. The van der Waals surface area contributed by atoms with Gasteiger partial charge >= 0.3 is 0 Å². The van der Waals surface area contributed by atoms with Crippen LogP contribution in [0.4, 0.5) is 5.69 Å². The van der Waals surface area contributed by atoms with Crippen LogP contribution in [0.1, 0.15) is 58.9 Å². The molecule has 31 heavy (non-hydrogen) atoms. The summed E-state index contributed by atoms with van der Waals surface area (Å²) in [6, 6.07) is 7.28. The molecular weight excluding hydrogens is 400 g/mol. The number of rotatable bonds is 15. The molecule has 8 nitrogen and oxygen atoms in total. The van der Waals surface area contributed by atoms with Gasteiger partial charge in [-0.3, -0.25) is 19.2 Å². The fraction of sp³-hybridized carbons (Fsp3) is 0.565. The van der Waals surface area contributed by atoms with E-state index in [1.807, 2.05) is 32.9 Å². The average Bonchev–Trinajstić information content (AvgIpc) is 2.64. The van der Waals surface area contributed by atoms with Crippen molar-refractivity contribution in [2.45, 2.75) is 71.5 Å². The summed E-state index contributed by atoms with van der Waals surface area (Å²) in [4.78, 5) is 45.7. The summed E-state index contributed by atoms with van der Waals surface area (Å²) < 4.78 is 11.1. The van der Waals surface area contributed by atoms with Crippen LogP contribution in [0.2, 0.25) is 0 Å². The van der Waals surface area contributed by atoms with Crippen LogP contribution in [0.25, 0.3) is 0 Å². The largest absolute Gasteiger partial charge is 0.375 e. The van der Waals surface area contributed by atoms with Crippen molar-refractivity contribution in [1.29, 1.82) is 0 Å². The Bertz CT molecular complexity index is 758. The van der Waals surface area contributed by atoms with E-state index in [9.17, 15) is 19.2 Å². The van der Waals surface area contributed by atoms with Gasteiger partial charge in [-0.05, 0) is 58.2 Å². The van der Waals surface area contributed by atoms with Crippen molar-refractivity contribution in [2.75, 3.05) is 18.5 Å². The maximum Gasteiger partial charge on any atom is 0.243 e. The highest BCUT2D eigenvalue weighted by Crippen LogP contribution is 2.18. The number of hydrogen-bond donors (Lipinski definition) is 2. The number of carbonyl (C=O) groups excluding carboxylic acids is 4. The lowest BCUT2D eigenvalue weighted by Crippen LogP contribution is -2.32. The molecule has 0 bridgehead atoms. The van der Waals surface area contributed by atoms with Crippen LogP contribution in [-0.2, 0) is 35.1 Å². The van der Waals surface area contributed by atoms with Crippen LogP contribution in [0.3, 0.4) is 0 Å². The minimum Gasteiger partial charge on any atom is -0.375 e. The number of ether oxygens (including phenoxy) is 2. The summed E-state index contributed by atoms with van der Waals surface area (Å²) in [5, 5.41) is 2.84. The molecule has 8 heteroatoms. The lowest BCUT2D eigenvalue weighted by molar-refractivity contribution is -0.127. The molecule has 1 aromatic rings. The van der Waals surface area contributed by atoms with Gasteiger partial charge in [0.25, 0.3) is 0 Å². The third-order valence-electron chi connectivity index (χ3n) is 4.49. The van der Waals surface area contributed by atoms with E-state index in [-0.39, 0.29) is 43.0 Å². The Morgan fingerprint density at radius 1 is 1.13 bits per heavy atom. The Morgan fingerprint density at radius 2 is 1.77 bits per heavy atom. The van der Waals surface area contributed by atoms with Crippen molar-refractivity contribution in [3.63, 3.8) is 0 Å². The van der Waals surface area contributed by atoms with Gasteiger partial charge in [-0.1, -0.05) is 12.1 Å². The Balaban J connectivity index is 2.39. The van der Waals surface area contributed by atoms with Gasteiger partial charge in [-0.15, -0.1) is 0 Å². The fourth-order valence-corrected chi connectivity index (χ4v) is 2.86. The molecule has 1 aromatic carbocycles. The number of amides is 2. The smallest absolute Gasteiger partial charge is 0.243 e. The van der Waals surface area contributed by atoms with Gasteiger partial charge in [0.1, 0.15) is 18.2 Å². The highest BCUT2D eigenvalue weighted by Gasteiger charge is 2.23. The first-order valence-corrected chi connectivity index (χ1v) is 10.4. The predicted octanol–water partition coefficient (Wildman–Crippen LogP) is 2.57. The maximum absolute atomic E-state index is 12.4. The van der Waals surface area contributed by atoms with E-state index in [0.29, 0.717) is 31.6 Å². The molecule has 0 spiro atoms. The molecule has 0 aliphatic carbocycles. The number of aryl methyl sites for hydroxylation is 1. The van der Waals surface area contributed by atoms with Crippen LogP contribution >= 0.6 is 0 Å². The molecule has 1 atom stereocenters. The third-order valence-corrected chi connectivity index (χ3v) is 4.49. The van der Waals surface area contributed by atoms with E-state index in [1.165, 1.54) is 6.92 Å². The summed E-state index contributed by atoms with van der Waals surface area (Å²) in [7, 11) is 0. The van der Waals surface area contributed by atoms with Crippen molar-refractivity contribution in [3.05, 3.63) is 29.8 Å². The molecule has 0 radical (unpaired) electrons. The van der Waals surface area contributed by atoms with E-state index in [1.54, 1.807) is 12.1 Å². The van der Waals surface area contributed by atoms with E-state index in [2.05, 4.69) is 5.32 Å². The van der Waals surface area contributed by atoms with Crippen LogP contribution in [0.15, 0.2) is 24.3 Å². The molecule has 0 fully saturated rings. The number of ketones is 2. The second kappa shape index (κ2) is 13.0. The predicted molar refractivity (Wildman–Crippen MR) is 118 cm³/mol. The van der Waals surface area contributed by atoms with Crippen molar-refractivity contribution < 1.29 is 28.7 Å². The topological polar surface area (TPSA) is 125 Å². The van der Waals surface area contributed by atoms with Gasteiger partial charge in [-0.2, -0.15) is 0 Å². The number of carbonyl (C=O) groups is 4. The number of nitrogens with one attached hydrogen (secondary N) is 1. The van der Waals surface area contributed by atoms with Gasteiger partial charge in [0.15, 0.2) is 0 Å². The van der Waals surface area contributed by atoms with Crippen molar-refractivity contribution in [2.24, 2.45) is 5.73 Å². The molecule has 0 saturated carbocycles. The lowest BCUT2D eigenvalue weighted by Gasteiger charge is -2.25. The summed E-state index contributed by atoms with van der Waals surface area (Å²) in [5.74, 6) is -0.881. The summed E-state index contributed by atoms with van der Waals surface area (Å²) in [6.07, 6.45) is 1.43. The summed E-state index contributed by atoms with van der Waals surface area (Å²) >= 11 is 0. The van der Waals surface area contributed by atoms with Gasteiger partial charge in [0, 0.05) is 18.7 Å². The molecule has 0 aliphatic heterocycles. The van der Waals surface area contributed by atoms with Gasteiger partial charge in [0.2, 0.25) is 11.8 Å². The summed E-state index contributed by atoms with van der Waals surface area (Å²) in [5.41, 5.74) is 6.01. The van der Waals surface area contributed by atoms with Crippen molar-refractivity contribution >= 4 is 29.1 Å². The molecule has 1 rings (SSSR count). The summed E-state index contributed by atoms with van der Waals surface area (Å²) in [6.45, 7) is 7.17. The Labute approximate surface area is 183 Å². The Kier molecular flexibility index (Phi) is 11.1. The van der Waals surface area contributed by atoms with Crippen LogP contribution < -0.4 is 11.1 Å². The van der Waals surface area contributed by atoms with Gasteiger partial charge < -0.3 is 20.5 Å². The van der Waals surface area contributed by atoms with E-state index in [4.69, 9.17) is 15.2 Å². The molecule has 0 aromatic heterocycles. The number of anilines is 1. The second-order valence-corrected chi connectivity index (χ2v) is 8.32. The standard InChI is InChI=1S/C23H34N2O6/c1-16(26)13-20(27)10-7-18-5-8-19(9-6-18)25-22(29)14-23(3,4)31-12-11-17(2)30-15-21(24)28/h5-6,8-9,17H,7,10-15H2,1-4H3,(H2,24,28)(H,25,29). The quantitative estimate of drug-likeness (QED) is 0.409. The highest BCUT2D eigenvalue weighted by atomic mass is 16.5. The van der Waals surface area contributed by atoms with Crippen molar-refractivity contribution in [3.8, 4) is 0 Å². The first-order valence-electron chi connectivity index (χ1n) is 10.4. The van der Waals surface area contributed by atoms with E-state index < -0.39 is 11.5 Å². The van der Waals surface area contributed by atoms with Gasteiger partial charge in [0.05, 0.1) is 24.5 Å². The SMILES string of the molecule is CC(=O)CC(=O)CCc1ccc(NC(=O)CC(C)(C)OCCC(C)OCC(N)=O)cc1. The molecule has 172 valence electrons. The highest BCUT2D eigenvalue weighted by molar-refractivity contribution is 5.98. The molecule has 0 saturated heterocycles. The number of primary amides is 1. The molecule has 0 aliphatic rings. The number of benzene rings is 1. The molecule has 3 N–H and O–H groups in total. The minimum absolute atomic E-state index is 0.0225. The average molecular weight is 435 g/mol. The van der Waals surface area contributed by atoms with Crippen LogP contribution in [0.5, 0.6) is 0 Å². The first kappa shape index (κ1) is 26.5. The molecule has 2 amide bonds. The zero-order chi connectivity index (χ0) is 23.4. The monoisotopic (exact) mass is 434 g/mol. The fourth-order valence-electron chi connectivity index (χ4n) is 2.86. The van der Waals surface area contributed by atoms with E-state index >= 15 is 0 Å². The molecule has 0 heterocycles. The lowest BCUT2D eigenvalue weighted by atomic mass is 10.0. The van der Waals surface area contributed by atoms with E-state index in [0.717, 1.165) is 5.56 Å². The van der Waals surface area contributed by atoms with Gasteiger partial charge in [-0.25, -0.2) is 0 Å². The number of Topliss-reactive ketones (excluding diaryl/α,β-unsaturated/α-hetero) is 2. The Morgan fingerprint density at radius 3 is 2.35 bits per heavy atom. The molecule has 1 unspecified atom stereocenters. The number of hydrogen-bond acceptors (Lipinski definition) is 6. The number of nitrogens with two attached hydrogens (primary N) is 1. The van der Waals surface area contributed by atoms with Crippen LogP contribution in [-0.4, -0.2) is 48.3 Å². The Hall–Kier alpha value is -2.58. The van der Waals surface area contributed by atoms with Crippen LogP contribution in [0, 0.1) is 0 Å². The first-order chi connectivity index (χ1) is 14.5. The zero-order valence-electron chi connectivity index (χ0n) is 18.9.